The zero-order chi connectivity index (χ0) is 15.0. The lowest BCUT2D eigenvalue weighted by Crippen LogP contribution is -2.38. The van der Waals surface area contributed by atoms with Crippen molar-refractivity contribution < 1.29 is 14.3 Å². The quantitative estimate of drug-likeness (QED) is 0.478. The molecule has 1 rings (SSSR count). The fourth-order valence-corrected chi connectivity index (χ4v) is 2.29. The minimum Gasteiger partial charge on any atom is -0.432 e. The Balaban J connectivity index is 2.38. The Kier molecular flexibility index (Phi) is 7.05. The fourth-order valence-electron chi connectivity index (χ4n) is 2.29. The van der Waals surface area contributed by atoms with Gasteiger partial charge in [0.25, 0.3) is 0 Å². The van der Waals surface area contributed by atoms with Crippen LogP contribution in [0.25, 0.3) is 0 Å². The first kappa shape index (κ1) is 16.5. The zero-order valence-corrected chi connectivity index (χ0v) is 12.6. The van der Waals surface area contributed by atoms with E-state index in [2.05, 4.69) is 5.32 Å². The van der Waals surface area contributed by atoms with Gasteiger partial charge in [0, 0.05) is 13.0 Å². The maximum absolute atomic E-state index is 12.0. The van der Waals surface area contributed by atoms with Crippen molar-refractivity contribution >= 4 is 11.9 Å². The summed E-state index contributed by atoms with van der Waals surface area (Å²) in [6, 6.07) is 0.338. The van der Waals surface area contributed by atoms with Crippen LogP contribution in [0.3, 0.4) is 0 Å². The number of rotatable bonds is 5. The highest BCUT2D eigenvalue weighted by Gasteiger charge is 2.17. The SMILES string of the molecule is CC(=O)OC(C)=CC=CC(C)C(=O)NC1CCCCC1. The van der Waals surface area contributed by atoms with Crippen molar-refractivity contribution in [2.75, 3.05) is 0 Å². The molecule has 4 nitrogen and oxygen atoms in total. The number of carbonyl (C=O) groups is 2. The number of ether oxygens (including phenoxy) is 1. The molecule has 0 aromatic carbocycles. The van der Waals surface area contributed by atoms with Crippen LogP contribution in [-0.4, -0.2) is 17.9 Å². The van der Waals surface area contributed by atoms with Crippen LogP contribution in [0.5, 0.6) is 0 Å². The minimum absolute atomic E-state index is 0.0617. The summed E-state index contributed by atoms with van der Waals surface area (Å²) in [6.07, 6.45) is 11.1. The molecule has 1 saturated carbocycles. The molecule has 0 spiro atoms. The van der Waals surface area contributed by atoms with Crippen LogP contribution < -0.4 is 5.32 Å². The van der Waals surface area contributed by atoms with E-state index in [1.165, 1.54) is 26.2 Å². The second-order valence-electron chi connectivity index (χ2n) is 5.39. The Bertz CT molecular complexity index is 393. The normalized spacial score (nSPS) is 18.9. The second kappa shape index (κ2) is 8.56. The van der Waals surface area contributed by atoms with E-state index < -0.39 is 0 Å². The van der Waals surface area contributed by atoms with Crippen molar-refractivity contribution in [3.05, 3.63) is 24.0 Å². The van der Waals surface area contributed by atoms with Gasteiger partial charge < -0.3 is 10.1 Å². The summed E-state index contributed by atoms with van der Waals surface area (Å²) in [5.41, 5.74) is 0. The summed E-state index contributed by atoms with van der Waals surface area (Å²) < 4.78 is 4.88. The molecule has 0 aromatic heterocycles. The van der Waals surface area contributed by atoms with Gasteiger partial charge in [0.15, 0.2) is 0 Å². The smallest absolute Gasteiger partial charge is 0.307 e. The van der Waals surface area contributed by atoms with Crippen LogP contribution in [0.15, 0.2) is 24.0 Å². The molecule has 0 aromatic rings. The summed E-state index contributed by atoms with van der Waals surface area (Å²) in [5.74, 6) is 0.0638. The summed E-state index contributed by atoms with van der Waals surface area (Å²) in [4.78, 5) is 22.7. The van der Waals surface area contributed by atoms with Crippen molar-refractivity contribution in [2.45, 2.75) is 58.9 Å². The molecule has 1 amide bonds. The van der Waals surface area contributed by atoms with Crippen molar-refractivity contribution in [3.8, 4) is 0 Å². The van der Waals surface area contributed by atoms with Crippen molar-refractivity contribution in [1.82, 2.24) is 5.32 Å². The molecule has 1 fully saturated rings. The van der Waals surface area contributed by atoms with E-state index in [0.29, 0.717) is 11.8 Å². The van der Waals surface area contributed by atoms with Gasteiger partial charge in [-0.25, -0.2) is 0 Å². The molecule has 1 aliphatic rings. The van der Waals surface area contributed by atoms with E-state index >= 15 is 0 Å². The third-order valence-electron chi connectivity index (χ3n) is 3.40. The highest BCUT2D eigenvalue weighted by molar-refractivity contribution is 5.80. The van der Waals surface area contributed by atoms with Crippen LogP contribution in [0, 0.1) is 5.92 Å². The van der Waals surface area contributed by atoms with Gasteiger partial charge >= 0.3 is 5.97 Å². The third kappa shape index (κ3) is 6.55. The Morgan fingerprint density at radius 1 is 1.20 bits per heavy atom. The molecule has 1 unspecified atom stereocenters. The number of carbonyl (C=O) groups excluding carboxylic acids is 2. The first-order chi connectivity index (χ1) is 9.49. The molecule has 0 heterocycles. The van der Waals surface area contributed by atoms with E-state index in [1.807, 2.05) is 13.0 Å². The average molecular weight is 279 g/mol. The van der Waals surface area contributed by atoms with E-state index in [0.717, 1.165) is 12.8 Å². The lowest BCUT2D eigenvalue weighted by atomic mass is 9.95. The van der Waals surface area contributed by atoms with E-state index in [4.69, 9.17) is 4.74 Å². The standard InChI is InChI=1S/C16H25NO3/c1-12(8-7-9-13(2)20-14(3)18)16(19)17-15-10-5-4-6-11-15/h7-9,12,15H,4-6,10-11H2,1-3H3,(H,17,19). The number of nitrogens with one attached hydrogen (secondary N) is 1. The highest BCUT2D eigenvalue weighted by atomic mass is 16.5. The Hall–Kier alpha value is -1.58. The van der Waals surface area contributed by atoms with Crippen LogP contribution in [0.4, 0.5) is 0 Å². The minimum atomic E-state index is -0.338. The summed E-state index contributed by atoms with van der Waals surface area (Å²) >= 11 is 0. The van der Waals surface area contributed by atoms with Gasteiger partial charge in [-0.2, -0.15) is 0 Å². The molecular weight excluding hydrogens is 254 g/mol. The Morgan fingerprint density at radius 2 is 1.85 bits per heavy atom. The number of amides is 1. The number of hydrogen-bond donors (Lipinski definition) is 1. The van der Waals surface area contributed by atoms with Crippen LogP contribution in [-0.2, 0) is 14.3 Å². The molecule has 112 valence electrons. The highest BCUT2D eigenvalue weighted by Crippen LogP contribution is 2.17. The number of esters is 1. The van der Waals surface area contributed by atoms with Crippen LogP contribution >= 0.6 is 0 Å². The summed E-state index contributed by atoms with van der Waals surface area (Å²) in [6.45, 7) is 4.93. The number of allylic oxidation sites excluding steroid dienone is 3. The Labute approximate surface area is 121 Å². The maximum atomic E-state index is 12.0. The van der Waals surface area contributed by atoms with Gasteiger partial charge in [-0.1, -0.05) is 38.3 Å². The first-order valence-corrected chi connectivity index (χ1v) is 7.33. The number of hydrogen-bond acceptors (Lipinski definition) is 3. The van der Waals surface area contributed by atoms with Gasteiger partial charge in [-0.3, -0.25) is 9.59 Å². The molecule has 1 atom stereocenters. The van der Waals surface area contributed by atoms with E-state index in [-0.39, 0.29) is 17.8 Å². The molecular formula is C16H25NO3. The van der Waals surface area contributed by atoms with Crippen LogP contribution in [0.1, 0.15) is 52.9 Å². The predicted molar refractivity (Wildman–Crippen MR) is 78.8 cm³/mol. The average Bonchev–Trinajstić information content (AvgIpc) is 2.38. The molecule has 20 heavy (non-hydrogen) atoms. The monoisotopic (exact) mass is 279 g/mol. The lowest BCUT2D eigenvalue weighted by molar-refractivity contribution is -0.136. The van der Waals surface area contributed by atoms with Crippen molar-refractivity contribution in [2.24, 2.45) is 5.92 Å². The second-order valence-corrected chi connectivity index (χ2v) is 5.39. The topological polar surface area (TPSA) is 55.4 Å². The van der Waals surface area contributed by atoms with Gasteiger partial charge in [-0.05, 0) is 25.8 Å². The molecule has 1 aliphatic carbocycles. The fraction of sp³-hybridized carbons (Fsp3) is 0.625. The van der Waals surface area contributed by atoms with Gasteiger partial charge in [0.2, 0.25) is 5.91 Å². The van der Waals surface area contributed by atoms with Crippen molar-refractivity contribution in [1.29, 1.82) is 0 Å². The lowest BCUT2D eigenvalue weighted by Gasteiger charge is -2.23. The van der Waals surface area contributed by atoms with Gasteiger partial charge in [-0.15, -0.1) is 0 Å². The predicted octanol–water partition coefficient (Wildman–Crippen LogP) is 3.09. The van der Waals surface area contributed by atoms with Crippen LogP contribution in [0.2, 0.25) is 0 Å². The first-order valence-electron chi connectivity index (χ1n) is 7.33. The molecule has 0 bridgehead atoms. The third-order valence-corrected chi connectivity index (χ3v) is 3.40. The van der Waals surface area contributed by atoms with E-state index in [9.17, 15) is 9.59 Å². The molecule has 0 radical (unpaired) electrons. The molecule has 4 heteroatoms. The zero-order valence-electron chi connectivity index (χ0n) is 12.6. The van der Waals surface area contributed by atoms with E-state index in [1.54, 1.807) is 19.1 Å². The molecule has 0 aliphatic heterocycles. The largest absolute Gasteiger partial charge is 0.432 e. The molecule has 0 saturated heterocycles. The maximum Gasteiger partial charge on any atom is 0.307 e. The van der Waals surface area contributed by atoms with Gasteiger partial charge in [0.05, 0.1) is 5.92 Å². The van der Waals surface area contributed by atoms with Crippen molar-refractivity contribution in [3.63, 3.8) is 0 Å². The van der Waals surface area contributed by atoms with Gasteiger partial charge in [0.1, 0.15) is 5.76 Å². The Morgan fingerprint density at radius 3 is 2.45 bits per heavy atom. The summed E-state index contributed by atoms with van der Waals surface area (Å²) in [5, 5.41) is 3.09. The molecule has 1 N–H and O–H groups in total. The summed E-state index contributed by atoms with van der Waals surface area (Å²) in [7, 11) is 0.